The lowest BCUT2D eigenvalue weighted by atomic mass is 9.55. The maximum atomic E-state index is 15.1. The second-order valence-corrected chi connectivity index (χ2v) is 19.7. The lowest BCUT2D eigenvalue weighted by Crippen LogP contribution is -2.63. The Morgan fingerprint density at radius 1 is 0.443 bits per heavy atom. The minimum atomic E-state index is -2.18. The lowest BCUT2D eigenvalue weighted by Gasteiger charge is -2.52. The number of benzene rings is 2. The minimum absolute atomic E-state index is 0.0274. The quantitative estimate of drug-likeness (QED) is 0.132. The number of ether oxygens (including phenoxy) is 14. The van der Waals surface area contributed by atoms with Gasteiger partial charge in [0, 0.05) is 92.9 Å². The topological polar surface area (TPSA) is 317 Å². The summed E-state index contributed by atoms with van der Waals surface area (Å²) in [5.41, 5.74) is -1.59. The molecule has 0 bridgehead atoms. The highest BCUT2D eigenvalue weighted by Crippen LogP contribution is 2.59. The maximum Gasteiger partial charge on any atom is 0.328 e. The summed E-state index contributed by atoms with van der Waals surface area (Å²) in [6, 6.07) is 11.7. The standard InChI is InChI=1S/C54H62O25/c1-26(55)66-24-41-43(68-28(3)57)45(70-30(5)59)47(72-32(7)61)49(76-41)74-37-16-12-34(13-17-37)39-22-36(63)23-40(54(39)51(64)78-53(79-52(54)65)20-10-9-11-21-53)35-14-18-38(19-15-35)75-50-48(73-33(8)62)46(71-31(6)60)44(69-29(4)58)42(77-50)25-67-27(2)56/h12-19,39-50H,9-11,20-25H2,1-8H3/t39-,40+,41-,42-,43-,44-,45+,46+,47-,48-,49+,50+/m1/s1. The van der Waals surface area contributed by atoms with E-state index in [9.17, 15) is 43.2 Å². The Morgan fingerprint density at radius 3 is 1.10 bits per heavy atom. The van der Waals surface area contributed by atoms with E-state index in [1.54, 1.807) is 0 Å². The zero-order valence-corrected chi connectivity index (χ0v) is 44.6. The van der Waals surface area contributed by atoms with Gasteiger partial charge in [-0.05, 0) is 48.2 Å². The third-order valence-electron chi connectivity index (χ3n) is 13.8. The second-order valence-electron chi connectivity index (χ2n) is 19.7. The van der Waals surface area contributed by atoms with Gasteiger partial charge in [0.25, 0.3) is 5.79 Å². The van der Waals surface area contributed by atoms with Gasteiger partial charge in [-0.15, -0.1) is 0 Å². The van der Waals surface area contributed by atoms with Crippen LogP contribution in [0.5, 0.6) is 11.5 Å². The Labute approximate surface area is 452 Å². The molecule has 5 aliphatic rings. The van der Waals surface area contributed by atoms with E-state index in [4.69, 9.17) is 66.3 Å². The van der Waals surface area contributed by atoms with Crippen molar-refractivity contribution in [3.8, 4) is 11.5 Å². The molecule has 25 heteroatoms. The maximum absolute atomic E-state index is 15.1. The summed E-state index contributed by atoms with van der Waals surface area (Å²) in [5.74, 6) is -12.6. The number of carbonyl (C=O) groups is 11. The van der Waals surface area contributed by atoms with E-state index >= 15 is 9.59 Å². The van der Waals surface area contributed by atoms with Crippen LogP contribution in [0.3, 0.4) is 0 Å². The third kappa shape index (κ3) is 13.8. The Hall–Kier alpha value is -7.67. The van der Waals surface area contributed by atoms with E-state index in [-0.39, 0.29) is 43.0 Å². The van der Waals surface area contributed by atoms with Gasteiger partial charge in [-0.3, -0.25) is 52.7 Å². The highest BCUT2D eigenvalue weighted by Gasteiger charge is 2.68. The van der Waals surface area contributed by atoms with Crippen LogP contribution in [-0.2, 0) is 110 Å². The summed E-state index contributed by atoms with van der Waals surface area (Å²) >= 11 is 0. The average Bonchev–Trinajstić information content (AvgIpc) is 3.25. The van der Waals surface area contributed by atoms with Crippen molar-refractivity contribution in [2.24, 2.45) is 5.41 Å². The van der Waals surface area contributed by atoms with Gasteiger partial charge in [0.05, 0.1) is 0 Å². The molecule has 0 unspecified atom stereocenters. The normalized spacial score (nSPS) is 28.8. The number of Topliss-reactive ketones (excluding diaryl/α,β-unsaturated/α-hetero) is 1. The van der Waals surface area contributed by atoms with Crippen LogP contribution in [0.2, 0.25) is 0 Å². The number of rotatable bonds is 16. The molecule has 12 atom stereocenters. The van der Waals surface area contributed by atoms with Gasteiger partial charge >= 0.3 is 59.7 Å². The zero-order valence-electron chi connectivity index (χ0n) is 44.6. The molecule has 2 aromatic carbocycles. The smallest absolute Gasteiger partial charge is 0.328 e. The molecular formula is C54H62O25. The fourth-order valence-corrected chi connectivity index (χ4v) is 10.7. The molecule has 25 nitrogen and oxygen atoms in total. The van der Waals surface area contributed by atoms with Crippen molar-refractivity contribution in [3.63, 3.8) is 0 Å². The summed E-state index contributed by atoms with van der Waals surface area (Å²) in [5, 5.41) is 0. The van der Waals surface area contributed by atoms with E-state index < -0.39 is 157 Å². The van der Waals surface area contributed by atoms with Gasteiger partial charge in [-0.2, -0.15) is 0 Å². The fourth-order valence-electron chi connectivity index (χ4n) is 10.7. The third-order valence-corrected chi connectivity index (χ3v) is 13.8. The predicted molar refractivity (Wildman–Crippen MR) is 258 cm³/mol. The van der Waals surface area contributed by atoms with E-state index in [1.165, 1.54) is 48.5 Å². The van der Waals surface area contributed by atoms with Crippen molar-refractivity contribution >= 4 is 65.5 Å². The van der Waals surface area contributed by atoms with E-state index in [2.05, 4.69) is 0 Å². The van der Waals surface area contributed by atoms with Crippen LogP contribution in [0.1, 0.15) is 123 Å². The molecular weight excluding hydrogens is 1050 g/mol. The zero-order chi connectivity index (χ0) is 57.5. The molecule has 2 aromatic rings. The lowest BCUT2D eigenvalue weighted by molar-refractivity contribution is -0.288. The van der Waals surface area contributed by atoms with Gasteiger partial charge < -0.3 is 66.3 Å². The van der Waals surface area contributed by atoms with E-state index in [1.807, 2.05) is 0 Å². The highest BCUT2D eigenvalue weighted by atomic mass is 16.8. The Bertz CT molecular complexity index is 2480. The van der Waals surface area contributed by atoms with Crippen molar-refractivity contribution in [3.05, 3.63) is 59.7 Å². The molecule has 79 heavy (non-hydrogen) atoms. The number of ketones is 1. The van der Waals surface area contributed by atoms with E-state index in [0.29, 0.717) is 24.0 Å². The van der Waals surface area contributed by atoms with Crippen LogP contribution in [-0.4, -0.2) is 146 Å². The van der Waals surface area contributed by atoms with Crippen LogP contribution >= 0.6 is 0 Å². The molecule has 3 heterocycles. The molecule has 0 N–H and O–H groups in total. The Balaban J connectivity index is 1.23. The summed E-state index contributed by atoms with van der Waals surface area (Å²) in [4.78, 5) is 142. The number of esters is 10. The molecule has 3 saturated heterocycles. The summed E-state index contributed by atoms with van der Waals surface area (Å²) < 4.78 is 80.5. The van der Waals surface area contributed by atoms with Crippen molar-refractivity contribution in [2.45, 2.75) is 179 Å². The molecule has 7 rings (SSSR count). The van der Waals surface area contributed by atoms with E-state index in [0.717, 1.165) is 61.8 Å². The van der Waals surface area contributed by atoms with Crippen molar-refractivity contribution < 1.29 is 119 Å². The average molecular weight is 1110 g/mol. The SMILES string of the molecule is CC(=O)OC[C@H]1O[C@H](Oc2ccc([C@H]3CC(=O)C[C@@H](c4ccc(O[C@H]5O[C@H](COC(C)=O)[C@@H](OC(C)=O)[C@H](OC(C)=O)[C@H]5OC(C)=O)cc4)C34C(=O)OC3(CCCCC3)OC4=O)cc2)[C@H](OC(C)=O)[C@@H](OC(C)=O)[C@@H]1OC(C)=O. The van der Waals surface area contributed by atoms with Crippen LogP contribution in [0.4, 0.5) is 0 Å². The van der Waals surface area contributed by atoms with Crippen LogP contribution in [0.15, 0.2) is 48.5 Å². The minimum Gasteiger partial charge on any atom is -0.463 e. The summed E-state index contributed by atoms with van der Waals surface area (Å²) in [6.45, 7) is 7.68. The Kier molecular flexibility index (Phi) is 18.7. The van der Waals surface area contributed by atoms with Crippen LogP contribution in [0, 0.1) is 5.41 Å². The molecule has 3 aliphatic heterocycles. The number of hydrogen-bond donors (Lipinski definition) is 0. The fraction of sp³-hybridized carbons (Fsp3) is 0.574. The first-order valence-corrected chi connectivity index (χ1v) is 25.5. The first-order valence-electron chi connectivity index (χ1n) is 25.5. The highest BCUT2D eigenvalue weighted by molar-refractivity contribution is 6.06. The van der Waals surface area contributed by atoms with Gasteiger partial charge in [0.2, 0.25) is 24.8 Å². The summed E-state index contributed by atoms with van der Waals surface area (Å²) in [7, 11) is 0. The predicted octanol–water partition coefficient (Wildman–Crippen LogP) is 3.59. The largest absolute Gasteiger partial charge is 0.463 e. The molecule has 0 amide bonds. The van der Waals surface area contributed by atoms with Gasteiger partial charge in [-0.25, -0.2) is 0 Å². The number of hydrogen-bond acceptors (Lipinski definition) is 25. The van der Waals surface area contributed by atoms with Crippen molar-refractivity contribution in [1.29, 1.82) is 0 Å². The molecule has 2 aliphatic carbocycles. The van der Waals surface area contributed by atoms with Crippen LogP contribution in [0.25, 0.3) is 0 Å². The van der Waals surface area contributed by atoms with Gasteiger partial charge in [-0.1, -0.05) is 30.7 Å². The van der Waals surface area contributed by atoms with Crippen molar-refractivity contribution in [2.75, 3.05) is 13.2 Å². The first kappa shape index (κ1) is 59.0. The second kappa shape index (κ2) is 25.0. The summed E-state index contributed by atoms with van der Waals surface area (Å²) in [6.07, 6.45) is -13.0. The first-order chi connectivity index (χ1) is 37.4. The number of carbonyl (C=O) groups excluding carboxylic acids is 11. The molecule has 428 valence electrons. The molecule has 0 radical (unpaired) electrons. The Morgan fingerprint density at radius 2 is 0.772 bits per heavy atom. The van der Waals surface area contributed by atoms with Crippen molar-refractivity contribution in [1.82, 2.24) is 0 Å². The molecule has 2 spiro atoms. The molecule has 0 aromatic heterocycles. The monoisotopic (exact) mass is 1110 g/mol. The van der Waals surface area contributed by atoms with Crippen LogP contribution < -0.4 is 9.47 Å². The van der Waals surface area contributed by atoms with Gasteiger partial charge in [0.1, 0.15) is 42.7 Å². The van der Waals surface area contributed by atoms with Gasteiger partial charge in [0.15, 0.2) is 29.8 Å². The molecule has 2 saturated carbocycles. The molecule has 5 fully saturated rings.